The molecule has 2 N–H and O–H groups in total. The van der Waals surface area contributed by atoms with Gasteiger partial charge in [-0.25, -0.2) is 0 Å². The summed E-state index contributed by atoms with van der Waals surface area (Å²) in [6, 6.07) is 3.95. The highest BCUT2D eigenvalue weighted by atomic mass is 16.2. The lowest BCUT2D eigenvalue weighted by Crippen LogP contribution is -2.47. The van der Waals surface area contributed by atoms with Gasteiger partial charge in [-0.15, -0.1) is 0 Å². The van der Waals surface area contributed by atoms with Crippen molar-refractivity contribution in [1.82, 2.24) is 15.2 Å². The third kappa shape index (κ3) is 2.30. The summed E-state index contributed by atoms with van der Waals surface area (Å²) in [7, 11) is 0. The van der Waals surface area contributed by atoms with Crippen LogP contribution in [0.5, 0.6) is 0 Å². The minimum atomic E-state index is -0.294. The number of pyridine rings is 1. The second kappa shape index (κ2) is 5.17. The molecule has 0 spiro atoms. The van der Waals surface area contributed by atoms with Crippen LogP contribution >= 0.6 is 0 Å². The molecule has 2 aliphatic heterocycles. The number of H-pyrrole nitrogens is 1. The Morgan fingerprint density at radius 1 is 1.32 bits per heavy atom. The number of carbonyl (C=O) groups excluding carboxylic acids is 1. The lowest BCUT2D eigenvalue weighted by Gasteiger charge is -2.29. The molecule has 3 heterocycles. The van der Waals surface area contributed by atoms with E-state index in [1.165, 1.54) is 6.42 Å². The van der Waals surface area contributed by atoms with Gasteiger partial charge in [-0.1, -0.05) is 0 Å². The van der Waals surface area contributed by atoms with Gasteiger partial charge in [-0.05, 0) is 44.4 Å². The Bertz CT molecular complexity index is 519. The van der Waals surface area contributed by atoms with E-state index in [1.807, 2.05) is 4.90 Å². The number of likely N-dealkylation sites (tertiary alicyclic amines) is 1. The molecule has 3 rings (SSSR count). The average Bonchev–Trinajstić information content (AvgIpc) is 3.09. The molecule has 2 aliphatic rings. The lowest BCUT2D eigenvalue weighted by atomic mass is 10.0. The maximum atomic E-state index is 12.5. The van der Waals surface area contributed by atoms with E-state index in [1.54, 1.807) is 18.3 Å². The van der Waals surface area contributed by atoms with Gasteiger partial charge in [0.1, 0.15) is 5.56 Å². The van der Waals surface area contributed by atoms with Gasteiger partial charge in [0, 0.05) is 24.8 Å². The van der Waals surface area contributed by atoms with Crippen LogP contribution in [0.25, 0.3) is 0 Å². The first kappa shape index (κ1) is 12.4. The summed E-state index contributed by atoms with van der Waals surface area (Å²) in [5.74, 6) is -0.127. The molecule has 0 aliphatic carbocycles. The standard InChI is InChI=1S/C14H19N3O2/c18-13-10(4-1-8-16-13)14(19)17-9-3-6-12(17)11-5-2-7-15-11/h1,4,8,11-12,15H,2-3,5-7,9H2,(H,16,18). The fraction of sp³-hybridized carbons (Fsp3) is 0.571. The Balaban J connectivity index is 1.82. The van der Waals surface area contributed by atoms with Gasteiger partial charge in [0.15, 0.2) is 0 Å². The number of nitrogens with zero attached hydrogens (tertiary/aromatic N) is 1. The third-order valence-corrected chi connectivity index (χ3v) is 4.17. The first-order valence-corrected chi connectivity index (χ1v) is 6.99. The first-order valence-electron chi connectivity index (χ1n) is 6.99. The minimum absolute atomic E-state index is 0.127. The molecule has 0 saturated carbocycles. The number of hydrogen-bond donors (Lipinski definition) is 2. The smallest absolute Gasteiger partial charge is 0.260 e. The largest absolute Gasteiger partial charge is 0.334 e. The van der Waals surface area contributed by atoms with Gasteiger partial charge < -0.3 is 15.2 Å². The Morgan fingerprint density at radius 2 is 2.21 bits per heavy atom. The van der Waals surface area contributed by atoms with Crippen molar-refractivity contribution in [2.75, 3.05) is 13.1 Å². The molecule has 1 aromatic heterocycles. The highest BCUT2D eigenvalue weighted by Crippen LogP contribution is 2.25. The first-order chi connectivity index (χ1) is 9.27. The maximum Gasteiger partial charge on any atom is 0.260 e. The van der Waals surface area contributed by atoms with Crippen LogP contribution in [0.3, 0.4) is 0 Å². The summed E-state index contributed by atoms with van der Waals surface area (Å²) >= 11 is 0. The van der Waals surface area contributed by atoms with Gasteiger partial charge in [0.05, 0.1) is 0 Å². The van der Waals surface area contributed by atoms with E-state index in [-0.39, 0.29) is 23.1 Å². The number of hydrogen-bond acceptors (Lipinski definition) is 3. The fourth-order valence-electron chi connectivity index (χ4n) is 3.25. The molecule has 1 amide bonds. The van der Waals surface area contributed by atoms with E-state index >= 15 is 0 Å². The minimum Gasteiger partial charge on any atom is -0.334 e. The number of nitrogens with one attached hydrogen (secondary N) is 2. The van der Waals surface area contributed by atoms with E-state index in [4.69, 9.17) is 0 Å². The zero-order valence-electron chi connectivity index (χ0n) is 10.9. The van der Waals surface area contributed by atoms with E-state index < -0.39 is 0 Å². The summed E-state index contributed by atoms with van der Waals surface area (Å²) in [6.07, 6.45) is 5.92. The van der Waals surface area contributed by atoms with Crippen molar-refractivity contribution < 1.29 is 4.79 Å². The molecule has 0 radical (unpaired) electrons. The van der Waals surface area contributed by atoms with Crippen molar-refractivity contribution in [3.63, 3.8) is 0 Å². The molecule has 0 aromatic carbocycles. The molecule has 0 bridgehead atoms. The van der Waals surface area contributed by atoms with Crippen molar-refractivity contribution >= 4 is 5.91 Å². The molecule has 102 valence electrons. The van der Waals surface area contributed by atoms with Crippen LogP contribution in [-0.4, -0.2) is 41.0 Å². The van der Waals surface area contributed by atoms with Crippen molar-refractivity contribution in [1.29, 1.82) is 0 Å². The molecule has 19 heavy (non-hydrogen) atoms. The highest BCUT2D eigenvalue weighted by Gasteiger charge is 2.36. The third-order valence-electron chi connectivity index (χ3n) is 4.17. The topological polar surface area (TPSA) is 65.2 Å². The average molecular weight is 261 g/mol. The van der Waals surface area contributed by atoms with Crippen molar-refractivity contribution in [3.8, 4) is 0 Å². The summed E-state index contributed by atoms with van der Waals surface area (Å²) < 4.78 is 0. The number of carbonyl (C=O) groups is 1. The van der Waals surface area contributed by atoms with Gasteiger partial charge in [-0.2, -0.15) is 0 Å². The summed E-state index contributed by atoms with van der Waals surface area (Å²) in [6.45, 7) is 1.80. The van der Waals surface area contributed by atoms with E-state index in [9.17, 15) is 9.59 Å². The van der Waals surface area contributed by atoms with Crippen LogP contribution in [0, 0.1) is 0 Å². The molecular formula is C14H19N3O2. The SMILES string of the molecule is O=C(c1ccc[nH]c1=O)N1CCCC1C1CCCN1. The number of aromatic amines is 1. The zero-order chi connectivity index (χ0) is 13.2. The van der Waals surface area contributed by atoms with Crippen LogP contribution in [0.2, 0.25) is 0 Å². The quantitative estimate of drug-likeness (QED) is 0.825. The zero-order valence-corrected chi connectivity index (χ0v) is 10.9. The molecule has 2 atom stereocenters. The number of aromatic nitrogens is 1. The van der Waals surface area contributed by atoms with Crippen molar-refractivity contribution in [3.05, 3.63) is 34.2 Å². The molecular weight excluding hydrogens is 242 g/mol. The Hall–Kier alpha value is -1.62. The Labute approximate surface area is 112 Å². The maximum absolute atomic E-state index is 12.5. The van der Waals surface area contributed by atoms with Gasteiger partial charge in [0.25, 0.3) is 11.5 Å². The van der Waals surface area contributed by atoms with Crippen LogP contribution < -0.4 is 10.9 Å². The Kier molecular flexibility index (Phi) is 3.38. The highest BCUT2D eigenvalue weighted by molar-refractivity contribution is 5.94. The molecule has 2 saturated heterocycles. The van der Waals surface area contributed by atoms with Crippen LogP contribution in [-0.2, 0) is 0 Å². The lowest BCUT2D eigenvalue weighted by molar-refractivity contribution is 0.0709. The van der Waals surface area contributed by atoms with Crippen LogP contribution in [0.1, 0.15) is 36.0 Å². The van der Waals surface area contributed by atoms with Gasteiger partial charge in [-0.3, -0.25) is 9.59 Å². The molecule has 5 heteroatoms. The monoisotopic (exact) mass is 261 g/mol. The van der Waals surface area contributed by atoms with Crippen LogP contribution in [0.4, 0.5) is 0 Å². The van der Waals surface area contributed by atoms with E-state index in [2.05, 4.69) is 10.3 Å². The molecule has 2 fully saturated rings. The predicted octanol–water partition coefficient (Wildman–Crippen LogP) is 0.732. The summed E-state index contributed by atoms with van der Waals surface area (Å²) in [4.78, 5) is 28.7. The van der Waals surface area contributed by atoms with Crippen LogP contribution in [0.15, 0.2) is 23.1 Å². The van der Waals surface area contributed by atoms with Gasteiger partial charge in [0.2, 0.25) is 0 Å². The van der Waals surface area contributed by atoms with Crippen molar-refractivity contribution in [2.24, 2.45) is 0 Å². The second-order valence-electron chi connectivity index (χ2n) is 5.32. The van der Waals surface area contributed by atoms with Gasteiger partial charge >= 0.3 is 0 Å². The normalized spacial score (nSPS) is 26.8. The van der Waals surface area contributed by atoms with E-state index in [0.29, 0.717) is 6.04 Å². The summed E-state index contributed by atoms with van der Waals surface area (Å²) in [5.41, 5.74) is -0.0371. The fourth-order valence-corrected chi connectivity index (χ4v) is 3.25. The second-order valence-corrected chi connectivity index (χ2v) is 5.32. The Morgan fingerprint density at radius 3 is 2.95 bits per heavy atom. The van der Waals surface area contributed by atoms with E-state index in [0.717, 1.165) is 32.4 Å². The van der Waals surface area contributed by atoms with Crippen molar-refractivity contribution in [2.45, 2.75) is 37.8 Å². The summed E-state index contributed by atoms with van der Waals surface area (Å²) in [5, 5.41) is 3.47. The number of amides is 1. The molecule has 1 aromatic rings. The molecule has 5 nitrogen and oxygen atoms in total. The number of rotatable bonds is 2. The molecule has 2 unspecified atom stereocenters. The predicted molar refractivity (Wildman–Crippen MR) is 72.1 cm³/mol.